The van der Waals surface area contributed by atoms with E-state index in [1.807, 2.05) is 0 Å². The Labute approximate surface area is 185 Å². The molecule has 2 aromatic carbocycles. The minimum absolute atomic E-state index is 0.0250. The number of primary amides is 1. The molecule has 0 saturated heterocycles. The predicted octanol–water partition coefficient (Wildman–Crippen LogP) is 3.40. The van der Waals surface area contributed by atoms with Gasteiger partial charge < -0.3 is 20.4 Å². The summed E-state index contributed by atoms with van der Waals surface area (Å²) in [6.45, 7) is 1.62. The maximum Gasteiger partial charge on any atom is 0.265 e. The van der Waals surface area contributed by atoms with Crippen molar-refractivity contribution in [2.75, 3.05) is 6.26 Å². The average molecular weight is 473 g/mol. The standard InChI is InChI=1S/C22H17F2N3O5S/c1-10-19-14(9-16(21(25)28)27-22(19)29)20(26-10)13-8-12(33(2,30)31)4-6-17(13)32-18-5-3-11(23)7-15(18)24/h3-9,26H,1-2H3,(H2,25,28)(H,27,29). The maximum absolute atomic E-state index is 14.2. The van der Waals surface area contributed by atoms with Crippen LogP contribution in [-0.4, -0.2) is 30.5 Å². The molecular weight excluding hydrogens is 456 g/mol. The van der Waals surface area contributed by atoms with Crippen LogP contribution in [0.15, 0.2) is 52.2 Å². The summed E-state index contributed by atoms with van der Waals surface area (Å²) < 4.78 is 57.5. The molecule has 0 bridgehead atoms. The molecule has 4 aromatic rings. The van der Waals surface area contributed by atoms with Gasteiger partial charge in [0.05, 0.1) is 16.0 Å². The molecule has 4 rings (SSSR count). The van der Waals surface area contributed by atoms with Crippen molar-refractivity contribution >= 4 is 26.5 Å². The second-order valence-corrected chi connectivity index (χ2v) is 9.41. The van der Waals surface area contributed by atoms with E-state index in [0.717, 1.165) is 18.4 Å². The summed E-state index contributed by atoms with van der Waals surface area (Å²) in [6, 6.07) is 7.98. The number of aryl methyl sites for hydroxylation is 1. The second kappa shape index (κ2) is 7.85. The lowest BCUT2D eigenvalue weighted by molar-refractivity contribution is 0.0995. The number of aromatic amines is 2. The Balaban J connectivity index is 2.02. The zero-order chi connectivity index (χ0) is 24.1. The van der Waals surface area contributed by atoms with E-state index in [2.05, 4.69) is 9.97 Å². The number of fused-ring (bicyclic) bond motifs is 1. The molecule has 11 heteroatoms. The van der Waals surface area contributed by atoms with Crippen molar-refractivity contribution in [1.29, 1.82) is 0 Å². The monoisotopic (exact) mass is 473 g/mol. The Kier molecular flexibility index (Phi) is 5.29. The van der Waals surface area contributed by atoms with Gasteiger partial charge in [-0.1, -0.05) is 0 Å². The number of H-pyrrole nitrogens is 2. The summed E-state index contributed by atoms with van der Waals surface area (Å²) in [6.07, 6.45) is 1.01. The van der Waals surface area contributed by atoms with E-state index in [-0.39, 0.29) is 44.1 Å². The van der Waals surface area contributed by atoms with Crippen molar-refractivity contribution < 1.29 is 26.7 Å². The number of nitrogens with two attached hydrogens (primary N) is 1. The molecule has 1 amide bonds. The molecule has 0 unspecified atom stereocenters. The van der Waals surface area contributed by atoms with E-state index < -0.39 is 32.9 Å². The molecule has 0 spiro atoms. The van der Waals surface area contributed by atoms with E-state index in [1.54, 1.807) is 6.92 Å². The van der Waals surface area contributed by atoms with Crippen LogP contribution in [0, 0.1) is 18.6 Å². The summed E-state index contributed by atoms with van der Waals surface area (Å²) in [7, 11) is -3.65. The number of nitrogens with one attached hydrogen (secondary N) is 2. The van der Waals surface area contributed by atoms with E-state index in [0.29, 0.717) is 11.8 Å². The van der Waals surface area contributed by atoms with Crippen molar-refractivity contribution in [2.45, 2.75) is 11.8 Å². The number of rotatable bonds is 5. The Bertz CT molecular complexity index is 1610. The van der Waals surface area contributed by atoms with Gasteiger partial charge in [-0.05, 0) is 43.3 Å². The Morgan fingerprint density at radius 1 is 1.03 bits per heavy atom. The fraction of sp³-hybridized carbons (Fsp3) is 0.0909. The average Bonchev–Trinajstić information content (AvgIpc) is 3.06. The van der Waals surface area contributed by atoms with Crippen molar-refractivity contribution in [3.63, 3.8) is 0 Å². The van der Waals surface area contributed by atoms with Gasteiger partial charge in [0.2, 0.25) is 0 Å². The normalized spacial score (nSPS) is 11.6. The van der Waals surface area contributed by atoms with E-state index in [4.69, 9.17) is 10.5 Å². The molecule has 0 atom stereocenters. The summed E-state index contributed by atoms with van der Waals surface area (Å²) in [5, 5.41) is 0.499. The highest BCUT2D eigenvalue weighted by atomic mass is 32.2. The first-order valence-electron chi connectivity index (χ1n) is 9.48. The third kappa shape index (κ3) is 4.10. The number of amides is 1. The molecule has 8 nitrogen and oxygen atoms in total. The Morgan fingerprint density at radius 3 is 2.36 bits per heavy atom. The summed E-state index contributed by atoms with van der Waals surface area (Å²) >= 11 is 0. The molecule has 0 aliphatic heterocycles. The van der Waals surface area contributed by atoms with E-state index in [1.165, 1.54) is 24.3 Å². The SMILES string of the molecule is Cc1[nH]c(-c2cc(S(C)(=O)=O)ccc2Oc2ccc(F)cc2F)c2cc(C(N)=O)[nH]c(=O)c12. The van der Waals surface area contributed by atoms with Crippen LogP contribution in [0.5, 0.6) is 11.5 Å². The first kappa shape index (κ1) is 22.2. The van der Waals surface area contributed by atoms with Crippen LogP contribution in [0.3, 0.4) is 0 Å². The Morgan fingerprint density at radius 2 is 1.73 bits per heavy atom. The number of hydrogen-bond donors (Lipinski definition) is 3. The van der Waals surface area contributed by atoms with Crippen molar-refractivity contribution in [1.82, 2.24) is 9.97 Å². The van der Waals surface area contributed by atoms with E-state index >= 15 is 0 Å². The fourth-order valence-electron chi connectivity index (χ4n) is 3.49. The van der Waals surface area contributed by atoms with Gasteiger partial charge in [-0.25, -0.2) is 17.2 Å². The molecule has 170 valence electrons. The van der Waals surface area contributed by atoms with Crippen LogP contribution in [-0.2, 0) is 9.84 Å². The smallest absolute Gasteiger partial charge is 0.265 e. The zero-order valence-electron chi connectivity index (χ0n) is 17.3. The molecule has 0 saturated carbocycles. The highest BCUT2D eigenvalue weighted by molar-refractivity contribution is 7.90. The molecule has 33 heavy (non-hydrogen) atoms. The van der Waals surface area contributed by atoms with Gasteiger partial charge in [-0.3, -0.25) is 9.59 Å². The van der Waals surface area contributed by atoms with Crippen LogP contribution < -0.4 is 16.0 Å². The number of carbonyl (C=O) groups excluding carboxylic acids is 1. The number of carbonyl (C=O) groups is 1. The second-order valence-electron chi connectivity index (χ2n) is 7.40. The Hall–Kier alpha value is -3.99. The number of halogens is 2. The van der Waals surface area contributed by atoms with Crippen molar-refractivity contribution in [3.05, 3.63) is 75.8 Å². The lowest BCUT2D eigenvalue weighted by atomic mass is 10.1. The summed E-state index contributed by atoms with van der Waals surface area (Å²) in [5.74, 6) is -2.90. The number of ether oxygens (including phenoxy) is 1. The summed E-state index contributed by atoms with van der Waals surface area (Å²) in [5.41, 5.74) is 5.43. The molecule has 0 fully saturated rings. The third-order valence-electron chi connectivity index (χ3n) is 5.02. The third-order valence-corrected chi connectivity index (χ3v) is 6.13. The van der Waals surface area contributed by atoms with Crippen LogP contribution >= 0.6 is 0 Å². The topological polar surface area (TPSA) is 135 Å². The van der Waals surface area contributed by atoms with Gasteiger partial charge in [0, 0.05) is 29.0 Å². The van der Waals surface area contributed by atoms with Gasteiger partial charge in [0.25, 0.3) is 11.5 Å². The molecule has 2 heterocycles. The van der Waals surface area contributed by atoms with Gasteiger partial charge >= 0.3 is 0 Å². The van der Waals surface area contributed by atoms with Crippen LogP contribution in [0.2, 0.25) is 0 Å². The zero-order valence-corrected chi connectivity index (χ0v) is 18.1. The number of benzene rings is 2. The molecule has 0 aliphatic carbocycles. The molecule has 4 N–H and O–H groups in total. The quantitative estimate of drug-likeness (QED) is 0.408. The summed E-state index contributed by atoms with van der Waals surface area (Å²) in [4.78, 5) is 29.6. The van der Waals surface area contributed by atoms with Gasteiger partial charge in [0.15, 0.2) is 21.4 Å². The first-order chi connectivity index (χ1) is 15.5. The maximum atomic E-state index is 14.2. The largest absolute Gasteiger partial charge is 0.454 e. The van der Waals surface area contributed by atoms with Gasteiger partial charge in [-0.15, -0.1) is 0 Å². The van der Waals surface area contributed by atoms with Crippen LogP contribution in [0.1, 0.15) is 16.2 Å². The minimum Gasteiger partial charge on any atom is -0.454 e. The van der Waals surface area contributed by atoms with Crippen LogP contribution in [0.25, 0.3) is 22.0 Å². The highest BCUT2D eigenvalue weighted by Crippen LogP contribution is 2.39. The number of aromatic nitrogens is 2. The lowest BCUT2D eigenvalue weighted by Gasteiger charge is -2.13. The van der Waals surface area contributed by atoms with Crippen molar-refractivity contribution in [3.8, 4) is 22.8 Å². The minimum atomic E-state index is -3.65. The first-order valence-corrected chi connectivity index (χ1v) is 11.4. The molecule has 0 radical (unpaired) electrons. The number of pyridine rings is 1. The molecule has 0 aliphatic rings. The molecule has 2 aromatic heterocycles. The molecular formula is C22H17F2N3O5S. The van der Waals surface area contributed by atoms with Crippen LogP contribution in [0.4, 0.5) is 8.78 Å². The predicted molar refractivity (Wildman–Crippen MR) is 117 cm³/mol. The van der Waals surface area contributed by atoms with Crippen molar-refractivity contribution in [2.24, 2.45) is 5.73 Å². The van der Waals surface area contributed by atoms with Gasteiger partial charge in [-0.2, -0.15) is 0 Å². The number of hydrogen-bond acceptors (Lipinski definition) is 5. The van der Waals surface area contributed by atoms with Gasteiger partial charge in [0.1, 0.15) is 17.3 Å². The highest BCUT2D eigenvalue weighted by Gasteiger charge is 2.21. The fourth-order valence-corrected chi connectivity index (χ4v) is 4.14. The lowest BCUT2D eigenvalue weighted by Crippen LogP contribution is -2.18. The number of sulfone groups is 1. The van der Waals surface area contributed by atoms with E-state index in [9.17, 15) is 26.8 Å².